The van der Waals surface area contributed by atoms with Crippen LogP contribution in [0.1, 0.15) is 108 Å². The van der Waals surface area contributed by atoms with E-state index in [1.807, 2.05) is 35.9 Å². The van der Waals surface area contributed by atoms with E-state index in [1.54, 1.807) is 0 Å². The second-order valence-electron chi connectivity index (χ2n) is 18.2. The van der Waals surface area contributed by atoms with Gasteiger partial charge in [0.25, 0.3) is 0 Å². The molecule has 3 aromatic carbocycles. The molecule has 6 atom stereocenters. The van der Waals surface area contributed by atoms with Crippen molar-refractivity contribution in [3.05, 3.63) is 65.9 Å². The van der Waals surface area contributed by atoms with E-state index in [0.29, 0.717) is 32.7 Å². The molecule has 3 saturated heterocycles. The minimum Gasteiger partial charge on any atom is -0.488 e. The number of likely N-dealkylation sites (tertiary alicyclic amines) is 2. The van der Waals surface area contributed by atoms with Crippen molar-refractivity contribution in [2.75, 3.05) is 27.4 Å². The Morgan fingerprint density at radius 1 is 0.800 bits per heavy atom. The lowest BCUT2D eigenvalue weighted by Gasteiger charge is -2.36. The Balaban J connectivity index is 0.973. The molecule has 65 heavy (non-hydrogen) atoms. The lowest BCUT2D eigenvalue weighted by Crippen LogP contribution is -2.54. The van der Waals surface area contributed by atoms with Gasteiger partial charge in [0.1, 0.15) is 36.1 Å². The number of nitrogens with zero attached hydrogens (tertiary/aromatic N) is 4. The van der Waals surface area contributed by atoms with Gasteiger partial charge in [0.05, 0.1) is 49.2 Å². The first-order valence-electron chi connectivity index (χ1n) is 23.2. The summed E-state index contributed by atoms with van der Waals surface area (Å²) in [5.41, 5.74) is 6.61. The van der Waals surface area contributed by atoms with Crippen LogP contribution in [0.2, 0.25) is 0 Å². The van der Waals surface area contributed by atoms with Gasteiger partial charge >= 0.3 is 12.2 Å². The Morgan fingerprint density at radius 2 is 1.49 bits per heavy atom. The van der Waals surface area contributed by atoms with Crippen molar-refractivity contribution in [3.63, 3.8) is 0 Å². The molecule has 0 radical (unpaired) electrons. The Bertz CT molecular complexity index is 2600. The number of methoxy groups -OCH3 is 2. The van der Waals surface area contributed by atoms with E-state index in [1.165, 1.54) is 14.2 Å². The van der Waals surface area contributed by atoms with Crippen LogP contribution in [0.5, 0.6) is 5.75 Å². The number of imidazole rings is 2. The summed E-state index contributed by atoms with van der Waals surface area (Å²) in [6, 6.07) is 12.8. The highest BCUT2D eigenvalue weighted by molar-refractivity contribution is 6.07. The molecule has 2 unspecified atom stereocenters. The molecule has 0 bridgehead atoms. The molecule has 0 aliphatic carbocycles. The van der Waals surface area contributed by atoms with Gasteiger partial charge in [0.2, 0.25) is 11.8 Å². The van der Waals surface area contributed by atoms with Gasteiger partial charge in [0, 0.05) is 36.2 Å². The Morgan fingerprint density at radius 3 is 2.18 bits per heavy atom. The van der Waals surface area contributed by atoms with Crippen molar-refractivity contribution < 1.29 is 38.1 Å². The predicted octanol–water partition coefficient (Wildman–Crippen LogP) is 8.08. The van der Waals surface area contributed by atoms with E-state index in [9.17, 15) is 19.2 Å². The topological polar surface area (TPSA) is 193 Å². The van der Waals surface area contributed by atoms with Crippen LogP contribution in [0, 0.1) is 11.8 Å². The van der Waals surface area contributed by atoms with Gasteiger partial charge in [-0.15, -0.1) is 0 Å². The molecule has 344 valence electrons. The SMILES string of the molecule is CC[C@H]1CCC(c2ncc(-c3ccc4c(c3)COc3cc5c(ccc6[nH]c(C7CC[C@H](CC)N7C(=O)[C@@H](NC(=O)OC)C7CCOCC7)nc65)cc3-4)[nH]2)N1C(=O)[C@@H](NC(=O)OC)C(C)C. The van der Waals surface area contributed by atoms with Crippen LogP contribution in [-0.2, 0) is 30.4 Å². The highest BCUT2D eigenvalue weighted by atomic mass is 16.5. The molecule has 4 aliphatic heterocycles. The zero-order valence-electron chi connectivity index (χ0n) is 38.1. The monoisotopic (exact) mass is 888 g/mol. The lowest BCUT2D eigenvalue weighted by molar-refractivity contribution is -0.139. The number of benzene rings is 3. The molecule has 16 nitrogen and oxygen atoms in total. The van der Waals surface area contributed by atoms with E-state index >= 15 is 0 Å². The van der Waals surface area contributed by atoms with Crippen LogP contribution in [0.4, 0.5) is 9.59 Å². The molecular formula is C49H60N8O8. The summed E-state index contributed by atoms with van der Waals surface area (Å²) < 4.78 is 21.9. The average Bonchev–Trinajstić information content (AvgIpc) is 4.16. The highest BCUT2D eigenvalue weighted by Crippen LogP contribution is 2.45. The first kappa shape index (κ1) is 44.1. The van der Waals surface area contributed by atoms with Crippen molar-refractivity contribution in [2.24, 2.45) is 11.8 Å². The second kappa shape index (κ2) is 18.4. The number of aromatic amines is 2. The average molecular weight is 889 g/mol. The summed E-state index contributed by atoms with van der Waals surface area (Å²) in [7, 11) is 2.62. The fourth-order valence-electron chi connectivity index (χ4n) is 10.7. The minimum absolute atomic E-state index is 0.0123. The van der Waals surface area contributed by atoms with E-state index < -0.39 is 24.3 Å². The molecule has 2 aromatic heterocycles. The van der Waals surface area contributed by atoms with Gasteiger partial charge in [-0.25, -0.2) is 19.6 Å². The zero-order chi connectivity index (χ0) is 45.5. The number of H-pyrrole nitrogens is 2. The van der Waals surface area contributed by atoms with Crippen LogP contribution in [-0.4, -0.2) is 105 Å². The normalized spacial score (nSPS) is 21.8. The van der Waals surface area contributed by atoms with Gasteiger partial charge in [0.15, 0.2) is 0 Å². The van der Waals surface area contributed by atoms with E-state index in [0.717, 1.165) is 106 Å². The maximum Gasteiger partial charge on any atom is 0.407 e. The maximum atomic E-state index is 14.5. The molecule has 4 N–H and O–H groups in total. The number of amides is 4. The number of rotatable bonds is 11. The summed E-state index contributed by atoms with van der Waals surface area (Å²) in [5.74, 6) is 1.79. The third-order valence-electron chi connectivity index (χ3n) is 14.2. The van der Waals surface area contributed by atoms with Crippen molar-refractivity contribution in [1.29, 1.82) is 0 Å². The molecule has 3 fully saturated rings. The van der Waals surface area contributed by atoms with Gasteiger partial charge < -0.3 is 49.3 Å². The molecule has 0 spiro atoms. The molecule has 16 heteroatoms. The Hall–Kier alpha value is -6.16. The molecule has 5 aromatic rings. The Kier molecular flexibility index (Phi) is 12.5. The number of alkyl carbamates (subject to hydrolysis) is 2. The van der Waals surface area contributed by atoms with Crippen molar-refractivity contribution in [2.45, 2.75) is 122 Å². The van der Waals surface area contributed by atoms with Crippen molar-refractivity contribution in [3.8, 4) is 28.1 Å². The largest absolute Gasteiger partial charge is 0.488 e. The fourth-order valence-corrected chi connectivity index (χ4v) is 10.7. The molecule has 4 amide bonds. The fraction of sp³-hybridized carbons (Fsp3) is 0.510. The maximum absolute atomic E-state index is 14.5. The second-order valence-corrected chi connectivity index (χ2v) is 18.2. The third kappa shape index (κ3) is 8.25. The summed E-state index contributed by atoms with van der Waals surface area (Å²) >= 11 is 0. The van der Waals surface area contributed by atoms with Gasteiger partial charge in [-0.05, 0) is 110 Å². The first-order chi connectivity index (χ1) is 31.5. The van der Waals surface area contributed by atoms with Crippen LogP contribution < -0.4 is 15.4 Å². The molecule has 4 aliphatic rings. The zero-order valence-corrected chi connectivity index (χ0v) is 38.1. The number of hydrogen-bond donors (Lipinski definition) is 4. The van der Waals surface area contributed by atoms with E-state index in [-0.39, 0.29) is 47.8 Å². The number of nitrogens with one attached hydrogen (secondary N) is 4. The number of carbonyl (C=O) groups excluding carboxylic acids is 4. The standard InChI is InChI=1S/C49H60N8O8/c1-7-31-11-15-38(56(31)46(58)41(26(3)4)54-48(60)62-5)44-50-24-37(52-44)29-9-13-33-30(21-29)25-65-40-23-34-28(22-35(33)40)10-14-36-43(34)53-45(51-36)39-16-12-32(8-2)57(39)47(59)42(55-49(61)63-6)27-17-19-64-20-18-27/h9-10,13-14,21-24,26-27,31-32,38-39,41-42H,7-8,11-12,15-20,25H2,1-6H3,(H,50,52)(H,51,53)(H,54,60)(H,55,61)/t31-,32-,38?,39?,41-,42-/m0/s1. The number of carbonyl (C=O) groups is 4. The van der Waals surface area contributed by atoms with Crippen LogP contribution in [0.3, 0.4) is 0 Å². The van der Waals surface area contributed by atoms with E-state index in [2.05, 4.69) is 70.8 Å². The first-order valence-corrected chi connectivity index (χ1v) is 23.2. The predicted molar refractivity (Wildman–Crippen MR) is 244 cm³/mol. The molecule has 6 heterocycles. The number of ether oxygens (including phenoxy) is 4. The quantitative estimate of drug-likeness (QED) is 0.101. The highest BCUT2D eigenvalue weighted by Gasteiger charge is 2.45. The summed E-state index contributed by atoms with van der Waals surface area (Å²) in [4.78, 5) is 74.3. The smallest absolute Gasteiger partial charge is 0.407 e. The van der Waals surface area contributed by atoms with Gasteiger partial charge in [-0.3, -0.25) is 9.59 Å². The van der Waals surface area contributed by atoms with Crippen LogP contribution in [0.25, 0.3) is 44.2 Å². The lowest BCUT2D eigenvalue weighted by atomic mass is 9.90. The van der Waals surface area contributed by atoms with Gasteiger partial charge in [-0.2, -0.15) is 0 Å². The molecular weight excluding hydrogens is 829 g/mol. The number of hydrogen-bond acceptors (Lipinski definition) is 10. The van der Waals surface area contributed by atoms with Gasteiger partial charge in [-0.1, -0.05) is 45.9 Å². The summed E-state index contributed by atoms with van der Waals surface area (Å²) in [5, 5.41) is 7.60. The molecule has 9 rings (SSSR count). The van der Waals surface area contributed by atoms with Crippen molar-refractivity contribution >= 4 is 45.8 Å². The number of aromatic nitrogens is 4. The third-order valence-corrected chi connectivity index (χ3v) is 14.2. The summed E-state index contributed by atoms with van der Waals surface area (Å²) in [6.45, 7) is 9.49. The van der Waals surface area contributed by atoms with Crippen LogP contribution >= 0.6 is 0 Å². The van der Waals surface area contributed by atoms with Crippen molar-refractivity contribution in [1.82, 2.24) is 40.4 Å². The van der Waals surface area contributed by atoms with E-state index in [4.69, 9.17) is 28.9 Å². The molecule has 0 saturated carbocycles. The summed E-state index contributed by atoms with van der Waals surface area (Å²) in [6.07, 6.45) is 6.73. The Labute approximate surface area is 378 Å². The minimum atomic E-state index is -0.721. The van der Waals surface area contributed by atoms with Crippen LogP contribution in [0.15, 0.2) is 48.7 Å². The number of fused-ring (bicyclic) bond motifs is 6.